The topological polar surface area (TPSA) is 60.0 Å². The predicted octanol–water partition coefficient (Wildman–Crippen LogP) is 3.96. The van der Waals surface area contributed by atoms with Gasteiger partial charge in [0, 0.05) is 23.7 Å². The maximum Gasteiger partial charge on any atom is 0.238 e. The number of rotatable bonds is 9. The van der Waals surface area contributed by atoms with Gasteiger partial charge in [-0.25, -0.2) is 0 Å². The van der Waals surface area contributed by atoms with Crippen LogP contribution >= 0.6 is 23.2 Å². The first kappa shape index (κ1) is 21.2. The van der Waals surface area contributed by atoms with Gasteiger partial charge in [-0.2, -0.15) is 0 Å². The number of ether oxygens (including phenoxy) is 3. The molecule has 2 aromatic carbocycles. The molecule has 2 aromatic rings. The van der Waals surface area contributed by atoms with Crippen molar-refractivity contribution in [1.29, 1.82) is 0 Å². The minimum Gasteiger partial charge on any atom is -0.495 e. The van der Waals surface area contributed by atoms with Crippen LogP contribution in [0.3, 0.4) is 0 Å². The lowest BCUT2D eigenvalue weighted by molar-refractivity contribution is -0.117. The summed E-state index contributed by atoms with van der Waals surface area (Å²) in [5, 5.41) is 3.87. The molecule has 0 radical (unpaired) electrons. The molecule has 0 spiro atoms. The van der Waals surface area contributed by atoms with E-state index in [4.69, 9.17) is 37.4 Å². The normalized spacial score (nSPS) is 10.6. The SMILES string of the molecule is COc1cc(NC(=O)CN(C)CCOc2ccc(Cl)cc2)c(OC)cc1Cl. The number of nitrogens with zero attached hydrogens (tertiary/aromatic N) is 1. The van der Waals surface area contributed by atoms with Gasteiger partial charge in [0.05, 0.1) is 31.5 Å². The third-order valence-electron chi connectivity index (χ3n) is 3.72. The molecular formula is C19H22Cl2N2O4. The number of benzene rings is 2. The monoisotopic (exact) mass is 412 g/mol. The van der Waals surface area contributed by atoms with Gasteiger partial charge in [-0.3, -0.25) is 9.69 Å². The number of hydrogen-bond acceptors (Lipinski definition) is 5. The smallest absolute Gasteiger partial charge is 0.238 e. The Morgan fingerprint density at radius 1 is 1.07 bits per heavy atom. The van der Waals surface area contributed by atoms with Crippen LogP contribution in [-0.4, -0.2) is 51.8 Å². The zero-order valence-electron chi connectivity index (χ0n) is 15.4. The van der Waals surface area contributed by atoms with Crippen LogP contribution in [0.2, 0.25) is 10.0 Å². The Bertz CT molecular complexity index is 769. The minimum absolute atomic E-state index is 0.188. The van der Waals surface area contributed by atoms with Crippen molar-refractivity contribution in [2.24, 2.45) is 0 Å². The fraction of sp³-hybridized carbons (Fsp3) is 0.316. The van der Waals surface area contributed by atoms with E-state index in [0.29, 0.717) is 40.4 Å². The van der Waals surface area contributed by atoms with E-state index in [1.165, 1.54) is 14.2 Å². The Morgan fingerprint density at radius 3 is 2.37 bits per heavy atom. The van der Waals surface area contributed by atoms with Crippen LogP contribution in [0.1, 0.15) is 0 Å². The summed E-state index contributed by atoms with van der Waals surface area (Å²) in [7, 11) is 4.85. The number of methoxy groups -OCH3 is 2. The van der Waals surface area contributed by atoms with E-state index in [1.54, 1.807) is 36.4 Å². The van der Waals surface area contributed by atoms with Crippen molar-refractivity contribution in [2.75, 3.05) is 46.3 Å². The van der Waals surface area contributed by atoms with Gasteiger partial charge in [0.2, 0.25) is 5.91 Å². The minimum atomic E-state index is -0.188. The molecule has 6 nitrogen and oxygen atoms in total. The second-order valence-corrected chi connectivity index (χ2v) is 6.62. The van der Waals surface area contributed by atoms with E-state index in [1.807, 2.05) is 11.9 Å². The van der Waals surface area contributed by atoms with Crippen molar-refractivity contribution in [2.45, 2.75) is 0 Å². The molecule has 0 saturated carbocycles. The molecule has 0 aliphatic heterocycles. The highest BCUT2D eigenvalue weighted by atomic mass is 35.5. The van der Waals surface area contributed by atoms with Crippen LogP contribution in [0.25, 0.3) is 0 Å². The first-order valence-corrected chi connectivity index (χ1v) is 8.96. The lowest BCUT2D eigenvalue weighted by Gasteiger charge is -2.18. The van der Waals surface area contributed by atoms with Crippen LogP contribution in [0.15, 0.2) is 36.4 Å². The van der Waals surface area contributed by atoms with Gasteiger partial charge in [0.15, 0.2) is 0 Å². The summed E-state index contributed by atoms with van der Waals surface area (Å²) in [4.78, 5) is 14.2. The molecule has 0 bridgehead atoms. The summed E-state index contributed by atoms with van der Waals surface area (Å²) < 4.78 is 16.1. The Kier molecular flexibility index (Phi) is 8.03. The van der Waals surface area contributed by atoms with Crippen LogP contribution < -0.4 is 19.5 Å². The Balaban J connectivity index is 1.85. The molecule has 1 amide bonds. The summed E-state index contributed by atoms with van der Waals surface area (Å²) >= 11 is 11.9. The molecule has 2 rings (SSSR count). The lowest BCUT2D eigenvalue weighted by Crippen LogP contribution is -2.33. The third kappa shape index (κ3) is 6.50. The van der Waals surface area contributed by atoms with Crippen molar-refractivity contribution in [3.8, 4) is 17.2 Å². The standard InChI is InChI=1S/C19H22Cl2N2O4/c1-23(8-9-27-14-6-4-13(20)5-7-14)12-19(24)22-16-11-17(25-2)15(21)10-18(16)26-3/h4-7,10-11H,8-9,12H2,1-3H3,(H,22,24). The first-order valence-electron chi connectivity index (χ1n) is 8.21. The summed E-state index contributed by atoms with van der Waals surface area (Å²) in [6, 6.07) is 10.4. The van der Waals surface area contributed by atoms with Gasteiger partial charge in [0.25, 0.3) is 0 Å². The second kappa shape index (κ2) is 10.3. The molecular weight excluding hydrogens is 391 g/mol. The number of amides is 1. The van der Waals surface area contributed by atoms with Gasteiger partial charge < -0.3 is 19.5 Å². The predicted molar refractivity (Wildman–Crippen MR) is 108 cm³/mol. The molecule has 0 atom stereocenters. The van der Waals surface area contributed by atoms with Crippen molar-refractivity contribution >= 4 is 34.8 Å². The number of carbonyl (C=O) groups is 1. The van der Waals surface area contributed by atoms with Crippen molar-refractivity contribution in [3.63, 3.8) is 0 Å². The molecule has 0 heterocycles. The summed E-state index contributed by atoms with van der Waals surface area (Å²) in [5.41, 5.74) is 0.495. The largest absolute Gasteiger partial charge is 0.495 e. The number of nitrogens with one attached hydrogen (secondary N) is 1. The summed E-state index contributed by atoms with van der Waals surface area (Å²) in [6.07, 6.45) is 0. The van der Waals surface area contributed by atoms with E-state index in [-0.39, 0.29) is 12.5 Å². The Morgan fingerprint density at radius 2 is 1.74 bits per heavy atom. The van der Waals surface area contributed by atoms with E-state index in [2.05, 4.69) is 5.32 Å². The van der Waals surface area contributed by atoms with E-state index in [9.17, 15) is 4.79 Å². The number of carbonyl (C=O) groups excluding carboxylic acids is 1. The highest BCUT2D eigenvalue weighted by molar-refractivity contribution is 6.32. The van der Waals surface area contributed by atoms with Gasteiger partial charge in [-0.05, 0) is 31.3 Å². The molecule has 0 unspecified atom stereocenters. The van der Waals surface area contributed by atoms with Crippen molar-refractivity contribution in [1.82, 2.24) is 4.90 Å². The van der Waals surface area contributed by atoms with Gasteiger partial charge in [0.1, 0.15) is 23.9 Å². The maximum atomic E-state index is 12.3. The van der Waals surface area contributed by atoms with Crippen molar-refractivity contribution < 1.29 is 19.0 Å². The second-order valence-electron chi connectivity index (χ2n) is 5.78. The highest BCUT2D eigenvalue weighted by Crippen LogP contribution is 2.35. The summed E-state index contributed by atoms with van der Waals surface area (Å²) in [6.45, 7) is 1.22. The molecule has 146 valence electrons. The molecule has 27 heavy (non-hydrogen) atoms. The summed E-state index contributed by atoms with van der Waals surface area (Å²) in [5.74, 6) is 1.46. The Hall–Kier alpha value is -2.15. The molecule has 0 fully saturated rings. The molecule has 8 heteroatoms. The fourth-order valence-corrected chi connectivity index (χ4v) is 2.68. The number of hydrogen-bond donors (Lipinski definition) is 1. The lowest BCUT2D eigenvalue weighted by atomic mass is 10.2. The van der Waals surface area contributed by atoms with Crippen LogP contribution in [0.4, 0.5) is 5.69 Å². The van der Waals surface area contributed by atoms with Crippen LogP contribution in [0.5, 0.6) is 17.2 Å². The average molecular weight is 413 g/mol. The molecule has 0 aliphatic rings. The number of anilines is 1. The zero-order valence-corrected chi connectivity index (χ0v) is 16.9. The number of halogens is 2. The number of likely N-dealkylation sites (N-methyl/N-ethyl adjacent to an activating group) is 1. The average Bonchev–Trinajstić information content (AvgIpc) is 2.64. The van der Waals surface area contributed by atoms with Gasteiger partial charge in [-0.1, -0.05) is 23.2 Å². The fourth-order valence-electron chi connectivity index (χ4n) is 2.32. The molecule has 0 saturated heterocycles. The molecule has 1 N–H and O–H groups in total. The van der Waals surface area contributed by atoms with Crippen LogP contribution in [-0.2, 0) is 4.79 Å². The quantitative estimate of drug-likeness (QED) is 0.675. The van der Waals surface area contributed by atoms with Crippen LogP contribution in [0, 0.1) is 0 Å². The highest BCUT2D eigenvalue weighted by Gasteiger charge is 2.14. The molecule has 0 aliphatic carbocycles. The van der Waals surface area contributed by atoms with Gasteiger partial charge >= 0.3 is 0 Å². The first-order chi connectivity index (χ1) is 12.9. The zero-order chi connectivity index (χ0) is 19.8. The van der Waals surface area contributed by atoms with E-state index in [0.717, 1.165) is 5.75 Å². The molecule has 0 aromatic heterocycles. The van der Waals surface area contributed by atoms with Gasteiger partial charge in [-0.15, -0.1) is 0 Å². The van der Waals surface area contributed by atoms with E-state index >= 15 is 0 Å². The van der Waals surface area contributed by atoms with E-state index < -0.39 is 0 Å². The third-order valence-corrected chi connectivity index (χ3v) is 4.26. The maximum absolute atomic E-state index is 12.3. The van der Waals surface area contributed by atoms with Crippen molar-refractivity contribution in [3.05, 3.63) is 46.4 Å². The Labute approximate surface area is 168 Å².